The molecule has 1 aromatic carbocycles. The maximum Gasteiger partial charge on any atom is 0.251 e. The molecule has 1 aliphatic rings. The number of benzene rings is 1. The Morgan fingerprint density at radius 3 is 2.59 bits per heavy atom. The van der Waals surface area contributed by atoms with E-state index in [1.807, 2.05) is 24.3 Å². The third-order valence-corrected chi connectivity index (χ3v) is 5.08. The summed E-state index contributed by atoms with van der Waals surface area (Å²) in [6.07, 6.45) is 3.93. The second kappa shape index (κ2) is 10.3. The summed E-state index contributed by atoms with van der Waals surface area (Å²) in [5.74, 6) is 0.738. The van der Waals surface area contributed by atoms with E-state index in [2.05, 4.69) is 41.6 Å². The van der Waals surface area contributed by atoms with Crippen LogP contribution in [0.3, 0.4) is 0 Å². The lowest BCUT2D eigenvalue weighted by Crippen LogP contribution is -2.54. The SMILES string of the molecule is CCNC(=NCc1cccc(C(=O)NC)c1)NCC(C)(C)N1CCCCC1. The highest BCUT2D eigenvalue weighted by atomic mass is 16.1. The van der Waals surface area contributed by atoms with Crippen LogP contribution in [0, 0.1) is 0 Å². The lowest BCUT2D eigenvalue weighted by atomic mass is 9.98. The number of guanidine groups is 1. The van der Waals surface area contributed by atoms with Gasteiger partial charge < -0.3 is 16.0 Å². The Balaban J connectivity index is 1.98. The third-order valence-electron chi connectivity index (χ3n) is 5.08. The monoisotopic (exact) mass is 373 g/mol. The number of aliphatic imine (C=N–C) groups is 1. The summed E-state index contributed by atoms with van der Waals surface area (Å²) in [7, 11) is 1.64. The molecule has 3 N–H and O–H groups in total. The quantitative estimate of drug-likeness (QED) is 0.507. The van der Waals surface area contributed by atoms with Gasteiger partial charge in [-0.25, -0.2) is 4.99 Å². The molecule has 1 saturated heterocycles. The molecule has 0 unspecified atom stereocenters. The van der Waals surface area contributed by atoms with E-state index in [9.17, 15) is 4.79 Å². The Labute approximate surface area is 163 Å². The maximum atomic E-state index is 11.8. The summed E-state index contributed by atoms with van der Waals surface area (Å²) >= 11 is 0. The van der Waals surface area contributed by atoms with Crippen LogP contribution in [0.2, 0.25) is 0 Å². The number of piperidine rings is 1. The standard InChI is InChI=1S/C21H35N5O/c1-5-23-20(25-16-21(2,3)26-12-7-6-8-13-26)24-15-17-10-9-11-18(14-17)19(27)22-4/h9-11,14H,5-8,12-13,15-16H2,1-4H3,(H,22,27)(H2,23,24,25). The van der Waals surface area contributed by atoms with Crippen molar-refractivity contribution in [3.8, 4) is 0 Å². The van der Waals surface area contributed by atoms with Crippen LogP contribution in [0.1, 0.15) is 56.0 Å². The predicted molar refractivity (Wildman–Crippen MR) is 112 cm³/mol. The zero-order chi connectivity index (χ0) is 19.7. The summed E-state index contributed by atoms with van der Waals surface area (Å²) in [5.41, 5.74) is 1.77. The second-order valence-corrected chi connectivity index (χ2v) is 7.69. The van der Waals surface area contributed by atoms with Crippen molar-refractivity contribution in [3.63, 3.8) is 0 Å². The van der Waals surface area contributed by atoms with Gasteiger partial charge in [0.2, 0.25) is 0 Å². The van der Waals surface area contributed by atoms with Crippen LogP contribution < -0.4 is 16.0 Å². The number of nitrogens with zero attached hydrogens (tertiary/aromatic N) is 2. The summed E-state index contributed by atoms with van der Waals surface area (Å²) in [6.45, 7) is 11.2. The van der Waals surface area contributed by atoms with Crippen molar-refractivity contribution in [1.29, 1.82) is 0 Å². The van der Waals surface area contributed by atoms with Crippen LogP contribution in [-0.4, -0.2) is 55.5 Å². The van der Waals surface area contributed by atoms with Gasteiger partial charge in [0.1, 0.15) is 0 Å². The van der Waals surface area contributed by atoms with Crippen LogP contribution in [0.15, 0.2) is 29.3 Å². The summed E-state index contributed by atoms with van der Waals surface area (Å²) in [4.78, 5) is 19.1. The normalized spacial score (nSPS) is 16.1. The van der Waals surface area contributed by atoms with Gasteiger partial charge in [-0.05, 0) is 64.4 Å². The molecule has 1 heterocycles. The Morgan fingerprint density at radius 1 is 1.19 bits per heavy atom. The van der Waals surface area contributed by atoms with Gasteiger partial charge in [0.15, 0.2) is 5.96 Å². The highest BCUT2D eigenvalue weighted by Gasteiger charge is 2.27. The van der Waals surface area contributed by atoms with E-state index in [0.717, 1.165) is 24.6 Å². The molecule has 0 spiro atoms. The van der Waals surface area contributed by atoms with Crippen molar-refractivity contribution in [2.75, 3.05) is 33.2 Å². The lowest BCUT2D eigenvalue weighted by molar-refractivity contribution is 0.0962. The molecule has 1 aliphatic heterocycles. The zero-order valence-corrected chi connectivity index (χ0v) is 17.3. The number of carbonyl (C=O) groups excluding carboxylic acids is 1. The van der Waals surface area contributed by atoms with Gasteiger partial charge in [-0.15, -0.1) is 0 Å². The summed E-state index contributed by atoms with van der Waals surface area (Å²) in [5, 5.41) is 9.47. The Kier molecular flexibility index (Phi) is 8.10. The molecule has 0 atom stereocenters. The van der Waals surface area contributed by atoms with Crippen LogP contribution in [0.25, 0.3) is 0 Å². The smallest absolute Gasteiger partial charge is 0.251 e. The molecule has 27 heavy (non-hydrogen) atoms. The molecule has 1 aromatic rings. The van der Waals surface area contributed by atoms with Gasteiger partial charge in [-0.2, -0.15) is 0 Å². The molecule has 6 nitrogen and oxygen atoms in total. The molecule has 1 amide bonds. The number of likely N-dealkylation sites (tertiary alicyclic amines) is 1. The molecule has 0 bridgehead atoms. The Morgan fingerprint density at radius 2 is 1.93 bits per heavy atom. The second-order valence-electron chi connectivity index (χ2n) is 7.69. The summed E-state index contributed by atoms with van der Waals surface area (Å²) in [6, 6.07) is 7.60. The van der Waals surface area contributed by atoms with E-state index in [4.69, 9.17) is 4.99 Å². The average Bonchev–Trinajstić information content (AvgIpc) is 2.70. The number of carbonyl (C=O) groups is 1. The molecule has 6 heteroatoms. The van der Waals surface area contributed by atoms with Crippen LogP contribution in [-0.2, 0) is 6.54 Å². The van der Waals surface area contributed by atoms with Gasteiger partial charge in [-0.3, -0.25) is 9.69 Å². The first kappa shape index (κ1) is 21.2. The molecule has 1 fully saturated rings. The van der Waals surface area contributed by atoms with E-state index in [0.29, 0.717) is 12.1 Å². The fourth-order valence-electron chi connectivity index (χ4n) is 3.38. The maximum absolute atomic E-state index is 11.8. The predicted octanol–water partition coefficient (Wildman–Crippen LogP) is 2.37. The minimum Gasteiger partial charge on any atom is -0.357 e. The van der Waals surface area contributed by atoms with Gasteiger partial charge >= 0.3 is 0 Å². The van der Waals surface area contributed by atoms with Crippen molar-refractivity contribution in [2.24, 2.45) is 4.99 Å². The van der Waals surface area contributed by atoms with E-state index in [1.165, 1.54) is 32.4 Å². The highest BCUT2D eigenvalue weighted by molar-refractivity contribution is 5.94. The molecular formula is C21H35N5O. The van der Waals surface area contributed by atoms with Crippen LogP contribution in [0.5, 0.6) is 0 Å². The fourth-order valence-corrected chi connectivity index (χ4v) is 3.38. The van der Waals surface area contributed by atoms with Crippen molar-refractivity contribution in [1.82, 2.24) is 20.9 Å². The topological polar surface area (TPSA) is 68.8 Å². The van der Waals surface area contributed by atoms with Gasteiger partial charge in [0, 0.05) is 31.2 Å². The first-order valence-corrected chi connectivity index (χ1v) is 10.0. The minimum atomic E-state index is -0.0749. The number of hydrogen-bond donors (Lipinski definition) is 3. The molecule has 2 rings (SSSR count). The van der Waals surface area contributed by atoms with E-state index < -0.39 is 0 Å². The average molecular weight is 374 g/mol. The Hall–Kier alpha value is -2.08. The first-order chi connectivity index (χ1) is 13.0. The third kappa shape index (κ3) is 6.54. The molecule has 150 valence electrons. The Bertz CT molecular complexity index is 635. The van der Waals surface area contributed by atoms with Crippen LogP contribution in [0.4, 0.5) is 0 Å². The van der Waals surface area contributed by atoms with Crippen molar-refractivity contribution >= 4 is 11.9 Å². The lowest BCUT2D eigenvalue weighted by Gasteiger charge is -2.41. The van der Waals surface area contributed by atoms with Crippen molar-refractivity contribution in [3.05, 3.63) is 35.4 Å². The van der Waals surface area contributed by atoms with Crippen LogP contribution >= 0.6 is 0 Å². The summed E-state index contributed by atoms with van der Waals surface area (Å²) < 4.78 is 0. The van der Waals surface area contributed by atoms with Crippen molar-refractivity contribution < 1.29 is 4.79 Å². The number of rotatable bonds is 7. The van der Waals surface area contributed by atoms with Gasteiger partial charge in [-0.1, -0.05) is 18.6 Å². The number of hydrogen-bond acceptors (Lipinski definition) is 3. The van der Waals surface area contributed by atoms with Gasteiger partial charge in [0.25, 0.3) is 5.91 Å². The molecule has 0 saturated carbocycles. The van der Waals surface area contributed by atoms with E-state index >= 15 is 0 Å². The van der Waals surface area contributed by atoms with E-state index in [-0.39, 0.29) is 11.4 Å². The first-order valence-electron chi connectivity index (χ1n) is 10.0. The zero-order valence-electron chi connectivity index (χ0n) is 17.3. The highest BCUT2D eigenvalue weighted by Crippen LogP contribution is 2.19. The van der Waals surface area contributed by atoms with Crippen molar-refractivity contribution in [2.45, 2.75) is 52.1 Å². The largest absolute Gasteiger partial charge is 0.357 e. The number of nitrogens with one attached hydrogen (secondary N) is 3. The molecule has 0 aromatic heterocycles. The van der Waals surface area contributed by atoms with Gasteiger partial charge in [0.05, 0.1) is 6.54 Å². The van der Waals surface area contributed by atoms with E-state index in [1.54, 1.807) is 7.05 Å². The number of amides is 1. The fraction of sp³-hybridized carbons (Fsp3) is 0.619. The molecule has 0 radical (unpaired) electrons. The molecule has 0 aliphatic carbocycles. The molecular weight excluding hydrogens is 338 g/mol. The minimum absolute atomic E-state index is 0.0749.